The molecule has 2 aromatic carbocycles. The lowest BCUT2D eigenvalue weighted by Crippen LogP contribution is -2.35. The summed E-state index contributed by atoms with van der Waals surface area (Å²) in [5.41, 5.74) is 2.84. The minimum Gasteiger partial charge on any atom is -0.487 e. The molecule has 35 heavy (non-hydrogen) atoms. The average molecular weight is 487 g/mol. The van der Waals surface area contributed by atoms with Crippen molar-refractivity contribution in [3.8, 4) is 11.5 Å². The fourth-order valence-corrected chi connectivity index (χ4v) is 3.51. The van der Waals surface area contributed by atoms with Gasteiger partial charge in [0.15, 0.2) is 11.5 Å². The summed E-state index contributed by atoms with van der Waals surface area (Å²) in [6, 6.07) is 13.9. The first-order chi connectivity index (χ1) is 17.0. The fourth-order valence-electron chi connectivity index (χ4n) is 3.51. The van der Waals surface area contributed by atoms with Crippen molar-refractivity contribution in [2.24, 2.45) is 10.2 Å². The first kappa shape index (κ1) is 27.1. The maximum absolute atomic E-state index is 5.91. The molecule has 0 fully saturated rings. The van der Waals surface area contributed by atoms with Gasteiger partial charge in [-0.2, -0.15) is 10.2 Å². The Bertz CT molecular complexity index is 897. The third-order valence-corrected chi connectivity index (χ3v) is 5.40. The maximum Gasteiger partial charge on any atom is 0.163 e. The molecule has 0 amide bonds. The van der Waals surface area contributed by atoms with E-state index < -0.39 is 0 Å². The molecule has 8 heteroatoms. The minimum atomic E-state index is 0.406. The van der Waals surface area contributed by atoms with Crippen molar-refractivity contribution in [2.45, 2.75) is 19.3 Å². The van der Waals surface area contributed by atoms with Crippen LogP contribution in [0, 0.1) is 0 Å². The Morgan fingerprint density at radius 1 is 0.629 bits per heavy atom. The Kier molecular flexibility index (Phi) is 11.4. The zero-order chi connectivity index (χ0) is 24.8. The van der Waals surface area contributed by atoms with E-state index in [1.807, 2.05) is 30.3 Å². The van der Waals surface area contributed by atoms with Crippen LogP contribution in [0.15, 0.2) is 52.7 Å². The van der Waals surface area contributed by atoms with Crippen LogP contribution in [0.4, 0.5) is 11.4 Å². The molecule has 1 heterocycles. The Hall–Kier alpha value is -2.52. The highest BCUT2D eigenvalue weighted by atomic mass is 16.6. The van der Waals surface area contributed by atoms with Gasteiger partial charge in [0.2, 0.25) is 0 Å². The van der Waals surface area contributed by atoms with Gasteiger partial charge in [-0.1, -0.05) is 12.1 Å². The van der Waals surface area contributed by atoms with E-state index in [4.69, 9.17) is 23.7 Å². The van der Waals surface area contributed by atoms with Crippen molar-refractivity contribution >= 4 is 11.4 Å². The van der Waals surface area contributed by atoms with Gasteiger partial charge in [0.25, 0.3) is 0 Å². The zero-order valence-electron chi connectivity index (χ0n) is 21.4. The molecule has 0 aliphatic carbocycles. The molecule has 1 aliphatic heterocycles. The summed E-state index contributed by atoms with van der Waals surface area (Å²) in [4.78, 5) is 0. The summed E-state index contributed by atoms with van der Waals surface area (Å²) in [6.45, 7) is 5.11. The van der Waals surface area contributed by atoms with E-state index in [-0.39, 0.29) is 0 Å². The molecular formula is C27H40N3O5+. The van der Waals surface area contributed by atoms with E-state index >= 15 is 0 Å². The molecule has 0 aromatic heterocycles. The van der Waals surface area contributed by atoms with E-state index in [9.17, 15) is 0 Å². The topological polar surface area (TPSA) is 70.9 Å². The maximum atomic E-state index is 5.91. The van der Waals surface area contributed by atoms with Gasteiger partial charge in [-0.3, -0.25) is 0 Å². The molecule has 3 rings (SSSR count). The van der Waals surface area contributed by atoms with Gasteiger partial charge in [0.1, 0.15) is 13.2 Å². The molecule has 8 nitrogen and oxygen atoms in total. The molecule has 0 unspecified atom stereocenters. The van der Waals surface area contributed by atoms with Crippen molar-refractivity contribution in [1.82, 2.24) is 0 Å². The average Bonchev–Trinajstić information content (AvgIpc) is 2.85. The van der Waals surface area contributed by atoms with Crippen LogP contribution >= 0.6 is 0 Å². The van der Waals surface area contributed by atoms with Crippen LogP contribution in [-0.4, -0.2) is 85.0 Å². The third kappa shape index (κ3) is 11.2. The Balaban J connectivity index is 1.56. The number of aryl methyl sites for hydroxylation is 1. The fraction of sp³-hybridized carbons (Fsp3) is 0.556. The molecule has 0 atom stereocenters. The molecular weight excluding hydrogens is 446 g/mol. The number of azo groups is 1. The van der Waals surface area contributed by atoms with Crippen LogP contribution in [0.5, 0.6) is 11.5 Å². The van der Waals surface area contributed by atoms with E-state index in [1.54, 1.807) is 0 Å². The first-order valence-corrected chi connectivity index (χ1v) is 12.4. The summed E-state index contributed by atoms with van der Waals surface area (Å²) in [7, 11) is 6.70. The van der Waals surface area contributed by atoms with Gasteiger partial charge in [-0.15, -0.1) is 0 Å². The molecule has 0 spiro atoms. The van der Waals surface area contributed by atoms with Crippen LogP contribution in [0.1, 0.15) is 18.4 Å². The van der Waals surface area contributed by atoms with Crippen molar-refractivity contribution in [2.75, 3.05) is 80.5 Å². The highest BCUT2D eigenvalue weighted by Crippen LogP contribution is 2.32. The Labute approximate surface area is 209 Å². The Morgan fingerprint density at radius 3 is 1.80 bits per heavy atom. The largest absolute Gasteiger partial charge is 0.487 e. The summed E-state index contributed by atoms with van der Waals surface area (Å²) in [5, 5.41) is 8.80. The third-order valence-electron chi connectivity index (χ3n) is 5.40. The molecule has 0 radical (unpaired) electrons. The minimum absolute atomic E-state index is 0.406. The van der Waals surface area contributed by atoms with Crippen molar-refractivity contribution in [3.05, 3.63) is 48.0 Å². The van der Waals surface area contributed by atoms with Crippen LogP contribution in [-0.2, 0) is 20.6 Å². The predicted molar refractivity (Wildman–Crippen MR) is 136 cm³/mol. The van der Waals surface area contributed by atoms with Gasteiger partial charge in [-0.25, -0.2) is 0 Å². The number of hydrogen-bond donors (Lipinski definition) is 0. The summed E-state index contributed by atoms with van der Waals surface area (Å²) < 4.78 is 29.3. The number of rotatable bonds is 7. The first-order valence-electron chi connectivity index (χ1n) is 12.4. The van der Waals surface area contributed by atoms with E-state index in [2.05, 4.69) is 43.5 Å². The molecule has 192 valence electrons. The summed E-state index contributed by atoms with van der Waals surface area (Å²) in [5.74, 6) is 1.26. The van der Waals surface area contributed by atoms with Crippen molar-refractivity contribution in [1.29, 1.82) is 0 Å². The van der Waals surface area contributed by atoms with Gasteiger partial charge >= 0.3 is 0 Å². The second kappa shape index (κ2) is 14.8. The number of benzene rings is 2. The van der Waals surface area contributed by atoms with Crippen LogP contribution in [0.3, 0.4) is 0 Å². The number of ether oxygens (including phenoxy) is 5. The van der Waals surface area contributed by atoms with Gasteiger partial charge in [0.05, 0.1) is 78.7 Å². The van der Waals surface area contributed by atoms with Gasteiger partial charge in [-0.05, 0) is 49.1 Å². The number of fused-ring (bicyclic) bond motifs is 1. The summed E-state index contributed by atoms with van der Waals surface area (Å²) in [6.07, 6.45) is 3.50. The lowest BCUT2D eigenvalue weighted by molar-refractivity contribution is -0.870. The van der Waals surface area contributed by atoms with Crippen molar-refractivity contribution in [3.63, 3.8) is 0 Å². The zero-order valence-corrected chi connectivity index (χ0v) is 21.4. The molecule has 1 aliphatic rings. The number of hydrogen-bond acceptors (Lipinski definition) is 7. The van der Waals surface area contributed by atoms with E-state index in [0.29, 0.717) is 70.0 Å². The monoisotopic (exact) mass is 486 g/mol. The molecule has 2 aromatic rings. The highest BCUT2D eigenvalue weighted by Gasteiger charge is 2.09. The van der Waals surface area contributed by atoms with Gasteiger partial charge in [0, 0.05) is 6.07 Å². The quantitative estimate of drug-likeness (QED) is 0.315. The van der Waals surface area contributed by atoms with Crippen LogP contribution < -0.4 is 9.47 Å². The molecule has 0 saturated carbocycles. The summed E-state index contributed by atoms with van der Waals surface area (Å²) >= 11 is 0. The second-order valence-electron chi connectivity index (χ2n) is 9.50. The molecule has 0 bridgehead atoms. The number of unbranched alkanes of at least 4 members (excludes halogenated alkanes) is 1. The van der Waals surface area contributed by atoms with Gasteiger partial charge < -0.3 is 28.2 Å². The molecule has 0 N–H and O–H groups in total. The standard InChI is InChI=1S/C27H40N3O5/c1-30(2,3)13-5-4-6-23-7-9-24(10-8-23)28-29-25-11-12-26-27(22-25)35-21-19-33-17-15-31-14-16-32-18-20-34-26/h7-12,22H,4-6,13-21H2,1-3H3/q+1. The number of nitrogens with zero attached hydrogens (tertiary/aromatic N) is 3. The lowest BCUT2D eigenvalue weighted by atomic mass is 10.1. The normalized spacial score (nSPS) is 16.5. The van der Waals surface area contributed by atoms with E-state index in [1.165, 1.54) is 24.9 Å². The van der Waals surface area contributed by atoms with E-state index in [0.717, 1.165) is 16.6 Å². The second-order valence-corrected chi connectivity index (χ2v) is 9.50. The van der Waals surface area contributed by atoms with Crippen LogP contribution in [0.25, 0.3) is 0 Å². The highest BCUT2D eigenvalue weighted by molar-refractivity contribution is 5.52. The lowest BCUT2D eigenvalue weighted by Gasteiger charge is -2.23. The smallest absolute Gasteiger partial charge is 0.163 e. The Morgan fingerprint density at radius 2 is 1.17 bits per heavy atom. The predicted octanol–water partition coefficient (Wildman–Crippen LogP) is 4.95. The van der Waals surface area contributed by atoms with Crippen LogP contribution in [0.2, 0.25) is 0 Å². The van der Waals surface area contributed by atoms with Crippen molar-refractivity contribution < 1.29 is 28.2 Å². The molecule has 0 saturated heterocycles. The SMILES string of the molecule is C[N+](C)(C)CCCCc1ccc(N=Nc2ccc3c(c2)OCCOCCOCCOCCO3)cc1. The number of quaternary nitrogens is 1.